The Morgan fingerprint density at radius 1 is 1.12 bits per heavy atom. The van der Waals surface area contributed by atoms with E-state index in [4.69, 9.17) is 4.74 Å². The molecule has 24 heavy (non-hydrogen) atoms. The molecule has 0 aromatic heterocycles. The monoisotopic (exact) mass is 344 g/mol. The number of fused-ring (bicyclic) bond motifs is 1. The van der Waals surface area contributed by atoms with Crippen molar-refractivity contribution in [3.63, 3.8) is 0 Å². The van der Waals surface area contributed by atoms with Gasteiger partial charge in [0.15, 0.2) is 15.3 Å². The third-order valence-electron chi connectivity index (χ3n) is 4.36. The van der Waals surface area contributed by atoms with Crippen LogP contribution in [0.1, 0.15) is 16.8 Å². The molecule has 0 saturated carbocycles. The first-order valence-corrected chi connectivity index (χ1v) is 9.10. The molecular weight excluding hydrogens is 328 g/mol. The van der Waals surface area contributed by atoms with Gasteiger partial charge in [-0.2, -0.15) is 0 Å². The molecule has 4 rings (SSSR count). The maximum absolute atomic E-state index is 12.7. The number of ether oxygens (including phenoxy) is 1. The molecule has 0 bridgehead atoms. The fourth-order valence-corrected chi connectivity index (χ4v) is 4.64. The van der Waals surface area contributed by atoms with Crippen LogP contribution in [0.5, 0.6) is 5.75 Å². The van der Waals surface area contributed by atoms with Crippen molar-refractivity contribution < 1.29 is 18.3 Å². The van der Waals surface area contributed by atoms with Crippen molar-refractivity contribution in [2.24, 2.45) is 0 Å². The first-order chi connectivity index (χ1) is 11.5. The van der Waals surface area contributed by atoms with Crippen LogP contribution in [0.3, 0.4) is 0 Å². The zero-order valence-electron chi connectivity index (χ0n) is 12.8. The Morgan fingerprint density at radius 2 is 1.83 bits per heavy atom. The van der Waals surface area contributed by atoms with Crippen molar-refractivity contribution in [1.29, 1.82) is 0 Å². The number of nitrogens with one attached hydrogen (secondary N) is 1. The summed E-state index contributed by atoms with van der Waals surface area (Å²) in [5.41, 5.74) is -0.541. The Bertz CT molecular complexity index is 841. The first-order valence-electron chi connectivity index (χ1n) is 7.66. The molecule has 1 spiro atoms. The number of hydrogen-bond donors (Lipinski definition) is 1. The molecule has 124 valence electrons. The molecule has 0 radical (unpaired) electrons. The second kappa shape index (κ2) is 5.41. The Kier molecular flexibility index (Phi) is 3.45. The van der Waals surface area contributed by atoms with Crippen LogP contribution in [-0.4, -0.2) is 33.6 Å². The van der Waals surface area contributed by atoms with Gasteiger partial charge in [-0.15, -0.1) is 4.31 Å². The van der Waals surface area contributed by atoms with Gasteiger partial charge in [0.25, 0.3) is 5.91 Å². The molecule has 6 nitrogen and oxygen atoms in total. The molecule has 7 heteroatoms. The van der Waals surface area contributed by atoms with Gasteiger partial charge in [-0.05, 0) is 24.3 Å². The van der Waals surface area contributed by atoms with Gasteiger partial charge in [0.2, 0.25) is 5.72 Å². The molecule has 1 saturated heterocycles. The number of carbonyl (C=O) groups excluding carboxylic acids is 1. The van der Waals surface area contributed by atoms with Gasteiger partial charge < -0.3 is 14.6 Å². The normalized spacial score (nSPS) is 25.6. The molecule has 1 amide bonds. The maximum Gasteiger partial charge on any atom is 0.258 e. The second-order valence-electron chi connectivity index (χ2n) is 5.95. The molecule has 2 atom stereocenters. The topological polar surface area (TPSA) is 81.7 Å². The SMILES string of the molecule is O=C1NC2(CCN([S+](=O)([O-])c3ccccc3)C2)Oc2ccccc21. The summed E-state index contributed by atoms with van der Waals surface area (Å²) in [7, 11) is -3.61. The number of sulfonamides is 1. The molecular formula is C17H16N2O4S. The minimum atomic E-state index is -3.61. The first kappa shape index (κ1) is 15.3. The van der Waals surface area contributed by atoms with E-state index in [9.17, 15) is 13.6 Å². The highest BCUT2D eigenvalue weighted by atomic mass is 32.3. The van der Waals surface area contributed by atoms with E-state index < -0.39 is 16.1 Å². The van der Waals surface area contributed by atoms with Crippen molar-refractivity contribution in [3.05, 3.63) is 60.2 Å². The van der Waals surface area contributed by atoms with Crippen molar-refractivity contribution in [2.45, 2.75) is 17.0 Å². The Morgan fingerprint density at radius 3 is 2.62 bits per heavy atom. The standard InChI is InChI=1S/C17H16N2O4S/c20-16-14-8-4-5-9-15(14)23-17(18-16)10-11-19(12-17)24(21,22)13-6-2-1-3-7-13/h1-9H,10-12H2,(H-,18,20,21,22). The molecule has 0 aliphatic carbocycles. The third kappa shape index (κ3) is 2.41. The van der Waals surface area contributed by atoms with E-state index in [-0.39, 0.29) is 17.3 Å². The van der Waals surface area contributed by atoms with E-state index in [0.29, 0.717) is 24.3 Å². The Balaban J connectivity index is 1.61. The van der Waals surface area contributed by atoms with Gasteiger partial charge >= 0.3 is 0 Å². The lowest BCUT2D eigenvalue weighted by Gasteiger charge is -2.35. The molecule has 2 unspecified atom stereocenters. The number of hydrogen-bond acceptors (Lipinski definition) is 4. The lowest BCUT2D eigenvalue weighted by atomic mass is 10.1. The van der Waals surface area contributed by atoms with Gasteiger partial charge in [0.05, 0.1) is 12.1 Å². The number of para-hydroxylation sites is 1. The van der Waals surface area contributed by atoms with E-state index in [2.05, 4.69) is 5.32 Å². The van der Waals surface area contributed by atoms with Crippen LogP contribution >= 0.6 is 0 Å². The molecule has 2 heterocycles. The summed E-state index contributed by atoms with van der Waals surface area (Å²) in [6.07, 6.45) is 0.402. The van der Waals surface area contributed by atoms with Crippen LogP contribution in [-0.2, 0) is 14.6 Å². The second-order valence-corrected chi connectivity index (χ2v) is 7.89. The summed E-state index contributed by atoms with van der Waals surface area (Å²) < 4.78 is 32.8. The van der Waals surface area contributed by atoms with Crippen LogP contribution in [0.15, 0.2) is 59.5 Å². The number of nitrogens with zero attached hydrogens (tertiary/aromatic N) is 1. The van der Waals surface area contributed by atoms with E-state index in [0.717, 1.165) is 0 Å². The minimum absolute atomic E-state index is 0.0876. The largest absolute Gasteiger partial charge is 0.593 e. The summed E-state index contributed by atoms with van der Waals surface area (Å²) in [4.78, 5) is 12.6. The molecule has 1 N–H and O–H groups in total. The lowest BCUT2D eigenvalue weighted by Crippen LogP contribution is -2.58. The minimum Gasteiger partial charge on any atom is -0.593 e. The van der Waals surface area contributed by atoms with E-state index >= 15 is 0 Å². The summed E-state index contributed by atoms with van der Waals surface area (Å²) in [6, 6.07) is 15.2. The molecule has 2 aromatic carbocycles. The molecule has 2 aliphatic heterocycles. The van der Waals surface area contributed by atoms with Crippen LogP contribution in [0, 0.1) is 0 Å². The predicted octanol–water partition coefficient (Wildman–Crippen LogP) is 1.81. The summed E-state index contributed by atoms with van der Waals surface area (Å²) >= 11 is 0. The van der Waals surface area contributed by atoms with Gasteiger partial charge in [-0.1, -0.05) is 34.5 Å². The van der Waals surface area contributed by atoms with Crippen molar-refractivity contribution >= 4 is 16.3 Å². The summed E-state index contributed by atoms with van der Waals surface area (Å²) in [5, 5.41) is 2.83. The number of amides is 1. The van der Waals surface area contributed by atoms with Crippen molar-refractivity contribution in [1.82, 2.24) is 9.62 Å². The third-order valence-corrected chi connectivity index (χ3v) is 6.22. The summed E-state index contributed by atoms with van der Waals surface area (Å²) in [5.74, 6) is 0.246. The average Bonchev–Trinajstić information content (AvgIpc) is 2.99. The van der Waals surface area contributed by atoms with Gasteiger partial charge in [0, 0.05) is 6.42 Å². The zero-order chi connectivity index (χ0) is 16.8. The molecule has 2 aliphatic rings. The highest BCUT2D eigenvalue weighted by Gasteiger charge is 2.50. The van der Waals surface area contributed by atoms with Crippen LogP contribution in [0.2, 0.25) is 0 Å². The molecule has 1 fully saturated rings. The van der Waals surface area contributed by atoms with Crippen molar-refractivity contribution in [2.75, 3.05) is 13.1 Å². The average molecular weight is 344 g/mol. The number of benzene rings is 2. The zero-order valence-corrected chi connectivity index (χ0v) is 13.6. The van der Waals surface area contributed by atoms with Crippen LogP contribution in [0.25, 0.3) is 0 Å². The van der Waals surface area contributed by atoms with Gasteiger partial charge in [0.1, 0.15) is 12.3 Å². The highest BCUT2D eigenvalue weighted by molar-refractivity contribution is 7.95. The molecule has 2 aromatic rings. The van der Waals surface area contributed by atoms with Gasteiger partial charge in [-0.25, -0.2) is 0 Å². The highest BCUT2D eigenvalue weighted by Crippen LogP contribution is 2.36. The van der Waals surface area contributed by atoms with Gasteiger partial charge in [-0.3, -0.25) is 4.79 Å². The Hall–Kier alpha value is -2.22. The van der Waals surface area contributed by atoms with E-state index in [1.807, 2.05) is 0 Å². The van der Waals surface area contributed by atoms with Crippen molar-refractivity contribution in [3.8, 4) is 5.75 Å². The number of carbonyl (C=O) groups is 1. The maximum atomic E-state index is 12.7. The van der Waals surface area contributed by atoms with E-state index in [1.54, 1.807) is 54.6 Å². The fraction of sp³-hybridized carbons (Fsp3) is 0.235. The summed E-state index contributed by atoms with van der Waals surface area (Å²) in [6.45, 7) is 0.379. The van der Waals surface area contributed by atoms with E-state index in [1.165, 1.54) is 4.31 Å². The van der Waals surface area contributed by atoms with Crippen LogP contribution in [0.4, 0.5) is 0 Å². The lowest BCUT2D eigenvalue weighted by molar-refractivity contribution is 0.0287. The Labute approximate surface area is 140 Å². The predicted molar refractivity (Wildman–Crippen MR) is 87.0 cm³/mol. The number of rotatable bonds is 2. The fourth-order valence-electron chi connectivity index (χ4n) is 3.13. The quantitative estimate of drug-likeness (QED) is 0.843. The smallest absolute Gasteiger partial charge is 0.258 e. The van der Waals surface area contributed by atoms with Crippen LogP contribution < -0.4 is 10.1 Å².